The Kier molecular flexibility index (Phi) is 11.2. The third kappa shape index (κ3) is 7.79. The molecule has 1 heterocycles. The van der Waals surface area contributed by atoms with Gasteiger partial charge in [0.25, 0.3) is 0 Å². The van der Waals surface area contributed by atoms with Gasteiger partial charge in [0.2, 0.25) is 0 Å². The summed E-state index contributed by atoms with van der Waals surface area (Å²) in [4.78, 5) is 19.1. The van der Waals surface area contributed by atoms with E-state index in [-0.39, 0.29) is 12.0 Å². The minimum atomic E-state index is -0.288. The van der Waals surface area contributed by atoms with E-state index in [4.69, 9.17) is 9.72 Å². The second-order valence-corrected chi connectivity index (χ2v) is 9.60. The van der Waals surface area contributed by atoms with Crippen molar-refractivity contribution in [2.75, 3.05) is 6.54 Å². The van der Waals surface area contributed by atoms with E-state index in [1.54, 1.807) is 0 Å². The molecule has 0 aliphatic carbocycles. The maximum Gasteiger partial charge on any atom is 0.308 e. The number of hydrogen-bond donors (Lipinski definition) is 0. The fourth-order valence-electron chi connectivity index (χ4n) is 4.75. The third-order valence-corrected chi connectivity index (χ3v) is 6.61. The summed E-state index contributed by atoms with van der Waals surface area (Å²) in [5, 5.41) is 0. The second-order valence-electron chi connectivity index (χ2n) is 9.60. The smallest absolute Gasteiger partial charge is 0.308 e. The zero-order chi connectivity index (χ0) is 25.8. The van der Waals surface area contributed by atoms with E-state index in [0.717, 1.165) is 69.5 Å². The lowest BCUT2D eigenvalue weighted by Crippen LogP contribution is -2.31. The van der Waals surface area contributed by atoms with E-state index in [2.05, 4.69) is 72.8 Å². The normalized spacial score (nSPS) is 12.1. The van der Waals surface area contributed by atoms with E-state index in [9.17, 15) is 4.79 Å². The zero-order valence-corrected chi connectivity index (χ0v) is 22.6. The van der Waals surface area contributed by atoms with Crippen molar-refractivity contribution in [1.82, 2.24) is 14.5 Å². The van der Waals surface area contributed by atoms with Crippen molar-refractivity contribution >= 4 is 5.97 Å². The number of unbranched alkanes of at least 4 members (excludes halogenated alkanes) is 3. The lowest BCUT2D eigenvalue weighted by Gasteiger charge is -2.33. The first kappa shape index (κ1) is 27.7. The van der Waals surface area contributed by atoms with Crippen molar-refractivity contribution < 1.29 is 9.53 Å². The molecular formula is C31H43N3O2. The van der Waals surface area contributed by atoms with Crippen LogP contribution in [0.1, 0.15) is 89.9 Å². The number of benzene rings is 2. The van der Waals surface area contributed by atoms with Crippen LogP contribution in [0.4, 0.5) is 0 Å². The summed E-state index contributed by atoms with van der Waals surface area (Å²) < 4.78 is 7.84. The maximum atomic E-state index is 11.5. The Morgan fingerprint density at radius 2 is 1.72 bits per heavy atom. The van der Waals surface area contributed by atoms with E-state index in [0.29, 0.717) is 5.75 Å². The van der Waals surface area contributed by atoms with Crippen molar-refractivity contribution in [3.63, 3.8) is 0 Å². The van der Waals surface area contributed by atoms with Gasteiger partial charge in [-0.15, -0.1) is 0 Å². The van der Waals surface area contributed by atoms with Gasteiger partial charge >= 0.3 is 5.97 Å². The van der Waals surface area contributed by atoms with Crippen LogP contribution in [0, 0.1) is 0 Å². The lowest BCUT2D eigenvalue weighted by molar-refractivity contribution is -0.131. The minimum absolute atomic E-state index is 0.274. The van der Waals surface area contributed by atoms with Crippen LogP contribution in [0.2, 0.25) is 0 Å². The van der Waals surface area contributed by atoms with Crippen LogP contribution in [-0.2, 0) is 17.9 Å². The molecule has 3 aromatic rings. The van der Waals surface area contributed by atoms with Crippen LogP contribution in [-0.4, -0.2) is 27.0 Å². The van der Waals surface area contributed by atoms with Gasteiger partial charge in [-0.3, -0.25) is 9.69 Å². The fraction of sp³-hybridized carbons (Fsp3) is 0.484. The molecule has 3 rings (SSSR count). The standard InChI is InChI=1S/C31H43N3O2/c1-5-8-19-29(30-23-32-31(34(30)21-10-7-3)27-16-12-11-13-17-27)33(20-9-6-2)24-26-15-14-18-28(22-26)36-25(4)35/h11-18,22-23,29H,5-10,19-21,24H2,1-4H3. The number of aromatic nitrogens is 2. The van der Waals surface area contributed by atoms with E-state index in [1.165, 1.54) is 24.6 Å². The van der Waals surface area contributed by atoms with Crippen molar-refractivity contribution in [3.8, 4) is 17.1 Å². The Labute approximate surface area is 217 Å². The van der Waals surface area contributed by atoms with Gasteiger partial charge in [-0.2, -0.15) is 0 Å². The third-order valence-electron chi connectivity index (χ3n) is 6.61. The molecule has 1 aromatic heterocycles. The highest BCUT2D eigenvalue weighted by Gasteiger charge is 2.25. The first-order valence-electron chi connectivity index (χ1n) is 13.7. The van der Waals surface area contributed by atoms with Crippen LogP contribution in [0.5, 0.6) is 5.75 Å². The number of nitrogens with zero attached hydrogens (tertiary/aromatic N) is 3. The molecule has 0 N–H and O–H groups in total. The first-order chi connectivity index (χ1) is 17.6. The molecule has 0 aliphatic heterocycles. The molecule has 0 aliphatic rings. The molecule has 36 heavy (non-hydrogen) atoms. The first-order valence-corrected chi connectivity index (χ1v) is 13.7. The Balaban J connectivity index is 2.00. The minimum Gasteiger partial charge on any atom is -0.427 e. The predicted octanol–water partition coefficient (Wildman–Crippen LogP) is 7.81. The van der Waals surface area contributed by atoms with E-state index < -0.39 is 0 Å². The Morgan fingerprint density at radius 1 is 0.972 bits per heavy atom. The summed E-state index contributed by atoms with van der Waals surface area (Å²) in [5.41, 5.74) is 3.64. The highest BCUT2D eigenvalue weighted by Crippen LogP contribution is 2.32. The number of esters is 1. The monoisotopic (exact) mass is 489 g/mol. The number of carbonyl (C=O) groups is 1. The summed E-state index contributed by atoms with van der Waals surface area (Å²) in [7, 11) is 0. The van der Waals surface area contributed by atoms with Crippen LogP contribution in [0.15, 0.2) is 60.8 Å². The van der Waals surface area contributed by atoms with Crippen LogP contribution in [0.25, 0.3) is 11.4 Å². The molecular weight excluding hydrogens is 446 g/mol. The quantitative estimate of drug-likeness (QED) is 0.161. The van der Waals surface area contributed by atoms with Crippen molar-refractivity contribution in [2.45, 2.75) is 91.8 Å². The molecule has 2 aromatic carbocycles. The van der Waals surface area contributed by atoms with Crippen molar-refractivity contribution in [2.24, 2.45) is 0 Å². The second kappa shape index (κ2) is 14.6. The molecule has 194 valence electrons. The molecule has 0 amide bonds. The Hall–Kier alpha value is -2.92. The molecule has 0 spiro atoms. The highest BCUT2D eigenvalue weighted by atomic mass is 16.5. The fourth-order valence-corrected chi connectivity index (χ4v) is 4.75. The number of hydrogen-bond acceptors (Lipinski definition) is 4. The summed E-state index contributed by atoms with van der Waals surface area (Å²) >= 11 is 0. The van der Waals surface area contributed by atoms with Crippen molar-refractivity contribution in [3.05, 3.63) is 72.1 Å². The zero-order valence-electron chi connectivity index (χ0n) is 22.6. The summed E-state index contributed by atoms with van der Waals surface area (Å²) in [6.45, 7) is 11.0. The molecule has 0 bridgehead atoms. The van der Waals surface area contributed by atoms with Crippen LogP contribution in [0.3, 0.4) is 0 Å². The largest absolute Gasteiger partial charge is 0.427 e. The molecule has 0 saturated heterocycles. The maximum absolute atomic E-state index is 11.5. The average Bonchev–Trinajstić information content (AvgIpc) is 3.30. The molecule has 0 fully saturated rings. The molecule has 0 saturated carbocycles. The van der Waals surface area contributed by atoms with E-state index in [1.807, 2.05) is 18.2 Å². The van der Waals surface area contributed by atoms with Gasteiger partial charge in [0.05, 0.1) is 17.9 Å². The molecule has 0 radical (unpaired) electrons. The van der Waals surface area contributed by atoms with Gasteiger partial charge in [0.1, 0.15) is 11.6 Å². The summed E-state index contributed by atoms with van der Waals surface area (Å²) in [6.07, 6.45) is 10.1. The summed E-state index contributed by atoms with van der Waals surface area (Å²) in [5.74, 6) is 1.39. The van der Waals surface area contributed by atoms with Gasteiger partial charge in [-0.25, -0.2) is 4.98 Å². The lowest BCUT2D eigenvalue weighted by atomic mass is 10.0. The molecule has 5 heteroatoms. The number of imidazole rings is 1. The van der Waals surface area contributed by atoms with Gasteiger partial charge in [-0.1, -0.05) is 88.9 Å². The van der Waals surface area contributed by atoms with Crippen molar-refractivity contribution in [1.29, 1.82) is 0 Å². The number of carbonyl (C=O) groups excluding carboxylic acids is 1. The molecule has 1 atom stereocenters. The van der Waals surface area contributed by atoms with Gasteiger partial charge < -0.3 is 9.30 Å². The van der Waals surface area contributed by atoms with Gasteiger partial charge in [0, 0.05) is 25.6 Å². The number of rotatable bonds is 15. The topological polar surface area (TPSA) is 47.4 Å². The van der Waals surface area contributed by atoms with Gasteiger partial charge in [0.15, 0.2) is 0 Å². The average molecular weight is 490 g/mol. The van der Waals surface area contributed by atoms with Crippen LogP contribution >= 0.6 is 0 Å². The predicted molar refractivity (Wildman–Crippen MR) is 148 cm³/mol. The Bertz CT molecular complexity index is 1060. The van der Waals surface area contributed by atoms with E-state index >= 15 is 0 Å². The highest BCUT2D eigenvalue weighted by molar-refractivity contribution is 5.69. The van der Waals surface area contributed by atoms with Gasteiger partial charge in [-0.05, 0) is 43.5 Å². The summed E-state index contributed by atoms with van der Waals surface area (Å²) in [6, 6.07) is 18.8. The molecule has 1 unspecified atom stereocenters. The number of ether oxygens (including phenoxy) is 1. The SMILES string of the molecule is CCCCC(c1cnc(-c2ccccc2)n1CCCC)N(CCCC)Cc1cccc(OC(C)=O)c1. The molecule has 5 nitrogen and oxygen atoms in total. The Morgan fingerprint density at radius 3 is 2.42 bits per heavy atom. The van der Waals surface area contributed by atoms with Crippen LogP contribution < -0.4 is 4.74 Å².